The van der Waals surface area contributed by atoms with E-state index in [0.717, 1.165) is 61.0 Å². The largest absolute Gasteiger partial charge is 0.500 e. The van der Waals surface area contributed by atoms with E-state index in [1.54, 1.807) is 17.5 Å². The van der Waals surface area contributed by atoms with Crippen LogP contribution in [0.5, 0.6) is 0 Å². The summed E-state index contributed by atoms with van der Waals surface area (Å²) in [5.41, 5.74) is 10.4. The van der Waals surface area contributed by atoms with Crippen molar-refractivity contribution in [2.75, 3.05) is 0 Å². The van der Waals surface area contributed by atoms with Gasteiger partial charge in [-0.3, -0.25) is 0 Å². The van der Waals surface area contributed by atoms with Crippen molar-refractivity contribution in [2.45, 2.75) is 54.8 Å². The quantitative estimate of drug-likeness (QED) is 0.166. The van der Waals surface area contributed by atoms with E-state index in [4.69, 9.17) is 9.40 Å². The standard InChI is InChI=1S/C34H32NOS.C11H8N.Ir/c1-19-10-8-11-20(2)30(19)27-18-35-28(16-23(27)17-34(5,6)7)26-13-9-12-24-25-14-15-29-31(21(3)22(4)37-29)33(25)36-32(24)26;1-2-6-10(7-3-1)11-8-4-5-9-12-11;/h8-12,14-16,18H,17H2,1-7H3;1-6,8-9H;/q2*-1;/i17D2;;. The second-order valence-electron chi connectivity index (χ2n) is 13.5. The Bertz CT molecular complexity index is 2480. The molecule has 50 heavy (non-hydrogen) atoms. The van der Waals surface area contributed by atoms with Gasteiger partial charge < -0.3 is 14.4 Å². The summed E-state index contributed by atoms with van der Waals surface area (Å²) in [5, 5.41) is 3.26. The molecule has 0 fully saturated rings. The van der Waals surface area contributed by atoms with E-state index in [-0.39, 0.29) is 20.1 Å². The van der Waals surface area contributed by atoms with Crippen molar-refractivity contribution >= 4 is 43.4 Å². The van der Waals surface area contributed by atoms with Gasteiger partial charge in [0, 0.05) is 61.2 Å². The van der Waals surface area contributed by atoms with Gasteiger partial charge in [0.05, 0.1) is 5.58 Å². The van der Waals surface area contributed by atoms with Gasteiger partial charge in [-0.25, -0.2) is 0 Å². The Labute approximate surface area is 315 Å². The number of nitrogens with zero attached hydrogens (tertiary/aromatic N) is 2. The van der Waals surface area contributed by atoms with Gasteiger partial charge in [-0.2, -0.15) is 0 Å². The maximum atomic E-state index is 9.28. The van der Waals surface area contributed by atoms with Gasteiger partial charge >= 0.3 is 0 Å². The van der Waals surface area contributed by atoms with Gasteiger partial charge in [0.15, 0.2) is 0 Å². The molecule has 0 aliphatic heterocycles. The van der Waals surface area contributed by atoms with Gasteiger partial charge in [0.2, 0.25) is 0 Å². The molecule has 0 atom stereocenters. The summed E-state index contributed by atoms with van der Waals surface area (Å²) in [7, 11) is 0. The van der Waals surface area contributed by atoms with Crippen LogP contribution in [-0.4, -0.2) is 9.97 Å². The molecule has 0 saturated heterocycles. The maximum Gasteiger partial charge on any atom is 0.129 e. The number of furan rings is 1. The molecule has 0 spiro atoms. The van der Waals surface area contributed by atoms with E-state index in [2.05, 4.69) is 69.1 Å². The third-order valence-electron chi connectivity index (χ3n) is 8.80. The van der Waals surface area contributed by atoms with Crippen LogP contribution in [0.25, 0.3) is 65.7 Å². The summed E-state index contributed by atoms with van der Waals surface area (Å²) in [6.45, 7) is 14.3. The molecule has 0 bridgehead atoms. The van der Waals surface area contributed by atoms with E-state index >= 15 is 0 Å². The summed E-state index contributed by atoms with van der Waals surface area (Å²) >= 11 is 1.79. The summed E-state index contributed by atoms with van der Waals surface area (Å²) < 4.78 is 26.4. The summed E-state index contributed by atoms with van der Waals surface area (Å²) in [4.78, 5) is 10.4. The van der Waals surface area contributed by atoms with E-state index in [1.165, 1.54) is 20.5 Å². The number of hydrogen-bond acceptors (Lipinski definition) is 4. The number of pyridine rings is 2. The Morgan fingerprint density at radius 2 is 1.54 bits per heavy atom. The fraction of sp³-hybridized carbons (Fsp3) is 0.200. The van der Waals surface area contributed by atoms with E-state index in [0.29, 0.717) is 11.3 Å². The normalized spacial score (nSPS) is 12.3. The van der Waals surface area contributed by atoms with Crippen LogP contribution in [0.3, 0.4) is 0 Å². The molecular weight excluding hydrogens is 809 g/mol. The third-order valence-corrected chi connectivity index (χ3v) is 9.97. The van der Waals surface area contributed by atoms with Gasteiger partial charge in [0.1, 0.15) is 5.58 Å². The van der Waals surface area contributed by atoms with Crippen molar-refractivity contribution in [1.82, 2.24) is 9.97 Å². The molecule has 253 valence electrons. The maximum absolute atomic E-state index is 9.28. The topological polar surface area (TPSA) is 38.9 Å². The molecule has 3 nitrogen and oxygen atoms in total. The first-order chi connectivity index (χ1) is 24.4. The van der Waals surface area contributed by atoms with Crippen molar-refractivity contribution in [3.8, 4) is 33.6 Å². The minimum Gasteiger partial charge on any atom is -0.500 e. The average molecular weight is 851 g/mol. The van der Waals surface area contributed by atoms with E-state index in [1.807, 2.05) is 93.7 Å². The predicted octanol–water partition coefficient (Wildman–Crippen LogP) is 12.7. The molecule has 8 rings (SSSR count). The molecule has 0 aliphatic carbocycles. The molecule has 4 heterocycles. The fourth-order valence-corrected chi connectivity index (χ4v) is 7.52. The second kappa shape index (κ2) is 14.4. The van der Waals surface area contributed by atoms with Crippen LogP contribution < -0.4 is 0 Å². The molecule has 4 aromatic carbocycles. The van der Waals surface area contributed by atoms with Gasteiger partial charge in [0.25, 0.3) is 0 Å². The number of rotatable bonds is 4. The summed E-state index contributed by atoms with van der Waals surface area (Å²) in [6, 6.07) is 36.6. The van der Waals surface area contributed by atoms with Crippen LogP contribution in [0.15, 0.2) is 108 Å². The average Bonchev–Trinajstić information content (AvgIpc) is 3.64. The van der Waals surface area contributed by atoms with Crippen molar-refractivity contribution in [2.24, 2.45) is 5.41 Å². The van der Waals surface area contributed by atoms with Crippen molar-refractivity contribution < 1.29 is 27.3 Å². The molecule has 5 heteroatoms. The van der Waals surface area contributed by atoms with Gasteiger partial charge in [-0.05, 0) is 90.8 Å². The Hall–Kier alpha value is -4.41. The molecule has 1 radical (unpaired) electrons. The third kappa shape index (κ3) is 6.96. The van der Waals surface area contributed by atoms with Crippen LogP contribution in [0.2, 0.25) is 0 Å². The number of hydrogen-bond donors (Lipinski definition) is 0. The first-order valence-corrected chi connectivity index (χ1v) is 17.4. The van der Waals surface area contributed by atoms with Crippen LogP contribution in [0, 0.1) is 45.2 Å². The molecule has 0 aliphatic rings. The molecular formula is C45H40IrN2OS-2. The molecule has 4 aromatic heterocycles. The Balaban J connectivity index is 0.000000302. The summed E-state index contributed by atoms with van der Waals surface area (Å²) in [6.07, 6.45) is 2.01. The van der Waals surface area contributed by atoms with Crippen LogP contribution in [0.4, 0.5) is 0 Å². The van der Waals surface area contributed by atoms with Crippen molar-refractivity contribution in [1.29, 1.82) is 0 Å². The first kappa shape index (κ1) is 32.8. The van der Waals surface area contributed by atoms with Crippen LogP contribution in [-0.2, 0) is 26.5 Å². The molecule has 0 unspecified atom stereocenters. The van der Waals surface area contributed by atoms with Crippen molar-refractivity contribution in [3.05, 3.63) is 143 Å². The smallest absolute Gasteiger partial charge is 0.129 e. The number of aryl methyl sites for hydroxylation is 4. The number of aromatic nitrogens is 2. The summed E-state index contributed by atoms with van der Waals surface area (Å²) in [5.74, 6) is 0. The van der Waals surface area contributed by atoms with Gasteiger partial charge in [-0.1, -0.05) is 74.2 Å². The predicted molar refractivity (Wildman–Crippen MR) is 207 cm³/mol. The zero-order chi connectivity index (χ0) is 36.1. The van der Waals surface area contributed by atoms with Crippen LogP contribution >= 0.6 is 11.3 Å². The van der Waals surface area contributed by atoms with E-state index in [9.17, 15) is 2.74 Å². The first-order valence-electron chi connectivity index (χ1n) is 17.6. The Kier molecular flexibility index (Phi) is 9.47. The van der Waals surface area contributed by atoms with Gasteiger partial charge in [-0.15, -0.1) is 65.4 Å². The number of thiophene rings is 1. The van der Waals surface area contributed by atoms with Crippen LogP contribution in [0.1, 0.15) is 50.6 Å². The zero-order valence-corrected chi connectivity index (χ0v) is 32.6. The Morgan fingerprint density at radius 3 is 2.24 bits per heavy atom. The van der Waals surface area contributed by atoms with Crippen molar-refractivity contribution in [3.63, 3.8) is 0 Å². The minimum absolute atomic E-state index is 0. The second-order valence-corrected chi connectivity index (χ2v) is 14.8. The zero-order valence-electron chi connectivity index (χ0n) is 31.4. The molecule has 0 amide bonds. The van der Waals surface area contributed by atoms with E-state index < -0.39 is 11.8 Å². The molecule has 0 N–H and O–H groups in total. The molecule has 8 aromatic rings. The molecule has 0 saturated carbocycles. The Morgan fingerprint density at radius 1 is 0.780 bits per heavy atom. The number of benzene rings is 4. The SMILES string of the molecule is [2H]C([2H])(c1cc(-c2[c-]ccc3c2oc2c3ccc3sc(C)c(C)c32)ncc1-c1c(C)cccc1C)C(C)(C)C.[Ir].[c-]1ccccc1-c1ccccn1. The minimum atomic E-state index is -1.62. The number of fused-ring (bicyclic) bond motifs is 5. The fourth-order valence-electron chi connectivity index (χ4n) is 6.45. The monoisotopic (exact) mass is 851 g/mol.